The minimum atomic E-state index is -0.228. The van der Waals surface area contributed by atoms with Crippen molar-refractivity contribution < 1.29 is 9.53 Å². The smallest absolute Gasteiger partial charge is 0.338 e. The summed E-state index contributed by atoms with van der Waals surface area (Å²) in [6.07, 6.45) is 8.19. The van der Waals surface area contributed by atoms with Crippen LogP contribution in [0.25, 0.3) is 0 Å². The van der Waals surface area contributed by atoms with Gasteiger partial charge in [0.1, 0.15) is 6.10 Å². The molecule has 0 unspecified atom stereocenters. The van der Waals surface area contributed by atoms with Crippen molar-refractivity contribution in [3.63, 3.8) is 0 Å². The van der Waals surface area contributed by atoms with Gasteiger partial charge in [0.15, 0.2) is 0 Å². The second kappa shape index (κ2) is 7.64. The van der Waals surface area contributed by atoms with E-state index in [9.17, 15) is 4.79 Å². The minimum absolute atomic E-state index is 0.00934. The number of nitrogens with zero attached hydrogens (tertiary/aromatic N) is 1. The van der Waals surface area contributed by atoms with Gasteiger partial charge in [0.05, 0.1) is 11.6 Å². The Kier molecular flexibility index (Phi) is 5.57. The van der Waals surface area contributed by atoms with Crippen LogP contribution < -0.4 is 0 Å². The first kappa shape index (κ1) is 15.3. The monoisotopic (exact) mass is 283 g/mol. The number of allylic oxidation sites excluding steroid dienone is 2. The normalized spacial score (nSPS) is 21.9. The molecule has 0 radical (unpaired) electrons. The van der Waals surface area contributed by atoms with E-state index in [4.69, 9.17) is 10.00 Å². The highest BCUT2D eigenvalue weighted by Gasteiger charge is 2.23. The average Bonchev–Trinajstić information content (AvgIpc) is 2.54. The van der Waals surface area contributed by atoms with E-state index < -0.39 is 0 Å². The van der Waals surface area contributed by atoms with Crippen molar-refractivity contribution in [1.82, 2.24) is 0 Å². The lowest BCUT2D eigenvalue weighted by molar-refractivity contribution is 0.0185. The Labute approximate surface area is 126 Å². The molecule has 0 amide bonds. The molecular formula is C18H21NO2. The van der Waals surface area contributed by atoms with Crippen LogP contribution >= 0.6 is 0 Å². The summed E-state index contributed by atoms with van der Waals surface area (Å²) in [5, 5.41) is 8.53. The van der Waals surface area contributed by atoms with Crippen LogP contribution in [0.4, 0.5) is 0 Å². The third-order valence-corrected chi connectivity index (χ3v) is 4.03. The quantitative estimate of drug-likeness (QED) is 0.619. The second-order valence-electron chi connectivity index (χ2n) is 5.48. The number of benzene rings is 1. The molecule has 0 heterocycles. The van der Waals surface area contributed by atoms with Gasteiger partial charge in [-0.2, -0.15) is 5.26 Å². The Balaban J connectivity index is 1.84. The number of nitriles is 1. The van der Waals surface area contributed by atoms with Gasteiger partial charge >= 0.3 is 5.97 Å². The summed E-state index contributed by atoms with van der Waals surface area (Å²) in [7, 11) is 0. The number of carbonyl (C=O) groups is 1. The molecule has 1 aromatic rings. The maximum atomic E-state index is 12.1. The first-order valence-electron chi connectivity index (χ1n) is 7.59. The minimum Gasteiger partial charge on any atom is -0.459 e. The third kappa shape index (κ3) is 4.46. The zero-order valence-corrected chi connectivity index (χ0v) is 12.4. The molecule has 110 valence electrons. The molecule has 2 rings (SSSR count). The van der Waals surface area contributed by atoms with Crippen LogP contribution in [-0.4, -0.2) is 12.1 Å². The van der Waals surface area contributed by atoms with E-state index in [0.29, 0.717) is 11.5 Å². The van der Waals surface area contributed by atoms with Crippen molar-refractivity contribution in [2.24, 2.45) is 5.92 Å². The Hall–Kier alpha value is -2.08. The second-order valence-corrected chi connectivity index (χ2v) is 5.48. The zero-order chi connectivity index (χ0) is 15.1. The van der Waals surface area contributed by atoms with E-state index in [1.54, 1.807) is 6.08 Å². The van der Waals surface area contributed by atoms with Gasteiger partial charge in [-0.1, -0.05) is 25.1 Å². The Morgan fingerprint density at radius 1 is 1.29 bits per heavy atom. The van der Waals surface area contributed by atoms with Crippen LogP contribution in [0.1, 0.15) is 48.5 Å². The number of aryl methyl sites for hydroxylation is 1. The molecule has 3 nitrogen and oxygen atoms in total. The van der Waals surface area contributed by atoms with Gasteiger partial charge in [-0.25, -0.2) is 4.79 Å². The first-order valence-corrected chi connectivity index (χ1v) is 7.59. The number of hydrogen-bond donors (Lipinski definition) is 0. The summed E-state index contributed by atoms with van der Waals surface area (Å²) in [6.45, 7) is 2.09. The largest absolute Gasteiger partial charge is 0.459 e. The molecule has 1 fully saturated rings. The van der Waals surface area contributed by atoms with Crippen LogP contribution in [0, 0.1) is 17.2 Å². The molecule has 0 saturated heterocycles. The molecule has 21 heavy (non-hydrogen) atoms. The van der Waals surface area contributed by atoms with E-state index in [1.165, 1.54) is 5.56 Å². The van der Waals surface area contributed by atoms with Crippen LogP contribution in [0.15, 0.2) is 36.4 Å². The van der Waals surface area contributed by atoms with Crippen LogP contribution in [0.2, 0.25) is 0 Å². The highest BCUT2D eigenvalue weighted by atomic mass is 16.5. The van der Waals surface area contributed by atoms with E-state index in [1.807, 2.05) is 36.4 Å². The van der Waals surface area contributed by atoms with Crippen molar-refractivity contribution in [1.29, 1.82) is 5.26 Å². The molecular weight excluding hydrogens is 262 g/mol. The molecule has 0 bridgehead atoms. The molecule has 0 N–H and O–H groups in total. The van der Waals surface area contributed by atoms with Gasteiger partial charge in [0, 0.05) is 6.08 Å². The van der Waals surface area contributed by atoms with Crippen molar-refractivity contribution >= 4 is 5.97 Å². The van der Waals surface area contributed by atoms with E-state index in [0.717, 1.165) is 32.1 Å². The molecule has 1 saturated carbocycles. The number of ether oxygens (including phenoxy) is 1. The van der Waals surface area contributed by atoms with Crippen LogP contribution in [0.5, 0.6) is 0 Å². The maximum Gasteiger partial charge on any atom is 0.338 e. The van der Waals surface area contributed by atoms with Crippen molar-refractivity contribution in [2.45, 2.75) is 45.1 Å². The predicted octanol–water partition coefficient (Wildman–Crippen LogP) is 4.04. The van der Waals surface area contributed by atoms with E-state index in [-0.39, 0.29) is 12.1 Å². The number of carbonyl (C=O) groups excluding carboxylic acids is 1. The predicted molar refractivity (Wildman–Crippen MR) is 81.7 cm³/mol. The summed E-state index contributed by atoms with van der Waals surface area (Å²) in [5.41, 5.74) is 1.84. The summed E-state index contributed by atoms with van der Waals surface area (Å²) < 4.78 is 5.58. The van der Waals surface area contributed by atoms with Crippen molar-refractivity contribution in [3.05, 3.63) is 47.5 Å². The lowest BCUT2D eigenvalue weighted by Crippen LogP contribution is -2.24. The molecule has 1 aliphatic rings. The fourth-order valence-electron chi connectivity index (χ4n) is 2.67. The van der Waals surface area contributed by atoms with Gasteiger partial charge in [-0.05, 0) is 55.7 Å². The zero-order valence-electron chi connectivity index (χ0n) is 12.4. The summed E-state index contributed by atoms with van der Waals surface area (Å²) >= 11 is 0. The SMILES string of the molecule is CCc1ccc(C(=O)OC2CCC(/C=C/C#N)CC2)cc1. The average molecular weight is 283 g/mol. The van der Waals surface area contributed by atoms with Crippen molar-refractivity contribution in [3.8, 4) is 6.07 Å². The van der Waals surface area contributed by atoms with E-state index >= 15 is 0 Å². The van der Waals surface area contributed by atoms with Gasteiger partial charge in [-0.15, -0.1) is 0 Å². The molecule has 0 spiro atoms. The number of rotatable bonds is 4. The van der Waals surface area contributed by atoms with Crippen LogP contribution in [-0.2, 0) is 11.2 Å². The Morgan fingerprint density at radius 2 is 1.95 bits per heavy atom. The lowest BCUT2D eigenvalue weighted by Gasteiger charge is -2.26. The molecule has 0 atom stereocenters. The molecule has 0 aliphatic heterocycles. The summed E-state index contributed by atoms with van der Waals surface area (Å²) in [5.74, 6) is 0.220. The molecule has 0 aromatic heterocycles. The van der Waals surface area contributed by atoms with Gasteiger partial charge in [0.2, 0.25) is 0 Å². The Bertz CT molecular complexity index is 531. The Morgan fingerprint density at radius 3 is 2.52 bits per heavy atom. The standard InChI is InChI=1S/C18H21NO2/c1-2-14-5-9-16(10-6-14)18(20)21-17-11-7-15(8-12-17)4-3-13-19/h3-6,9-10,15,17H,2,7-8,11-12H2,1H3/b4-3+. The van der Waals surface area contributed by atoms with Gasteiger partial charge < -0.3 is 4.74 Å². The topological polar surface area (TPSA) is 50.1 Å². The highest BCUT2D eigenvalue weighted by molar-refractivity contribution is 5.89. The summed E-state index contributed by atoms with van der Waals surface area (Å²) in [4.78, 5) is 12.1. The molecule has 3 heteroatoms. The summed E-state index contributed by atoms with van der Waals surface area (Å²) in [6, 6.07) is 9.64. The van der Waals surface area contributed by atoms with E-state index in [2.05, 4.69) is 6.92 Å². The first-order chi connectivity index (χ1) is 10.2. The fourth-order valence-corrected chi connectivity index (χ4v) is 2.67. The van der Waals surface area contributed by atoms with Gasteiger partial charge in [0.25, 0.3) is 0 Å². The molecule has 1 aliphatic carbocycles. The van der Waals surface area contributed by atoms with Crippen molar-refractivity contribution in [2.75, 3.05) is 0 Å². The maximum absolute atomic E-state index is 12.1. The number of esters is 1. The van der Waals surface area contributed by atoms with Gasteiger partial charge in [-0.3, -0.25) is 0 Å². The number of hydrogen-bond acceptors (Lipinski definition) is 3. The fraction of sp³-hybridized carbons (Fsp3) is 0.444. The lowest BCUT2D eigenvalue weighted by atomic mass is 9.87. The third-order valence-electron chi connectivity index (χ3n) is 4.03. The molecule has 1 aromatic carbocycles. The highest BCUT2D eigenvalue weighted by Crippen LogP contribution is 2.27. The van der Waals surface area contributed by atoms with Crippen LogP contribution in [0.3, 0.4) is 0 Å².